The van der Waals surface area contributed by atoms with Crippen molar-refractivity contribution in [3.8, 4) is 6.19 Å². The van der Waals surface area contributed by atoms with E-state index in [0.29, 0.717) is 6.04 Å². The predicted molar refractivity (Wildman–Crippen MR) is 63.3 cm³/mol. The molecule has 0 saturated carbocycles. The Bertz CT molecular complexity index is 399. The molecule has 0 radical (unpaired) electrons. The zero-order chi connectivity index (χ0) is 11.4. The summed E-state index contributed by atoms with van der Waals surface area (Å²) in [4.78, 5) is 2.27. The Morgan fingerprint density at radius 1 is 1.50 bits per heavy atom. The SMILES string of the molecule is CC1COCCN1c1ccccc1NC#N. The molecule has 1 aromatic rings. The summed E-state index contributed by atoms with van der Waals surface area (Å²) in [5.74, 6) is 0. The Hall–Kier alpha value is -1.73. The first-order chi connectivity index (χ1) is 7.83. The molecule has 0 amide bonds. The third-order valence-corrected chi connectivity index (χ3v) is 2.77. The summed E-state index contributed by atoms with van der Waals surface area (Å²) in [6, 6.07) is 8.20. The molecule has 1 aromatic carbocycles. The van der Waals surface area contributed by atoms with E-state index in [2.05, 4.69) is 17.1 Å². The van der Waals surface area contributed by atoms with Gasteiger partial charge in [-0.25, -0.2) is 0 Å². The molecule has 1 unspecified atom stereocenters. The lowest BCUT2D eigenvalue weighted by Gasteiger charge is -2.36. The van der Waals surface area contributed by atoms with Crippen LogP contribution in [0, 0.1) is 11.5 Å². The molecule has 1 aliphatic heterocycles. The molecule has 1 saturated heterocycles. The van der Waals surface area contributed by atoms with Crippen molar-refractivity contribution >= 4 is 11.4 Å². The molecule has 16 heavy (non-hydrogen) atoms. The van der Waals surface area contributed by atoms with Crippen LogP contribution in [0.15, 0.2) is 24.3 Å². The molecule has 1 heterocycles. The number of hydrogen-bond donors (Lipinski definition) is 1. The van der Waals surface area contributed by atoms with Crippen molar-refractivity contribution in [3.63, 3.8) is 0 Å². The van der Waals surface area contributed by atoms with Gasteiger partial charge < -0.3 is 9.64 Å². The largest absolute Gasteiger partial charge is 0.377 e. The lowest BCUT2D eigenvalue weighted by atomic mass is 10.2. The second kappa shape index (κ2) is 4.86. The van der Waals surface area contributed by atoms with Gasteiger partial charge >= 0.3 is 0 Å². The highest BCUT2D eigenvalue weighted by Crippen LogP contribution is 2.28. The summed E-state index contributed by atoms with van der Waals surface area (Å²) >= 11 is 0. The maximum atomic E-state index is 8.70. The van der Waals surface area contributed by atoms with Gasteiger partial charge in [-0.3, -0.25) is 5.32 Å². The van der Waals surface area contributed by atoms with Crippen molar-refractivity contribution < 1.29 is 4.74 Å². The number of anilines is 2. The maximum Gasteiger partial charge on any atom is 0.181 e. The Balaban J connectivity index is 2.27. The van der Waals surface area contributed by atoms with E-state index >= 15 is 0 Å². The molecule has 1 atom stereocenters. The van der Waals surface area contributed by atoms with Gasteiger partial charge in [0, 0.05) is 12.6 Å². The van der Waals surface area contributed by atoms with E-state index in [1.807, 2.05) is 30.5 Å². The maximum absolute atomic E-state index is 8.70. The normalized spacial score (nSPS) is 20.2. The lowest BCUT2D eigenvalue weighted by Crippen LogP contribution is -2.43. The monoisotopic (exact) mass is 217 g/mol. The van der Waals surface area contributed by atoms with Crippen molar-refractivity contribution in [1.82, 2.24) is 0 Å². The van der Waals surface area contributed by atoms with Gasteiger partial charge in [0.2, 0.25) is 0 Å². The number of morpholine rings is 1. The van der Waals surface area contributed by atoms with E-state index in [9.17, 15) is 0 Å². The molecule has 2 rings (SSSR count). The van der Waals surface area contributed by atoms with E-state index in [1.54, 1.807) is 0 Å². The number of nitrogens with one attached hydrogen (secondary N) is 1. The van der Waals surface area contributed by atoms with E-state index in [4.69, 9.17) is 10.00 Å². The van der Waals surface area contributed by atoms with Crippen LogP contribution in [0.5, 0.6) is 0 Å². The Morgan fingerprint density at radius 3 is 3.06 bits per heavy atom. The minimum absolute atomic E-state index is 0.343. The van der Waals surface area contributed by atoms with Gasteiger partial charge in [-0.15, -0.1) is 0 Å². The molecule has 0 spiro atoms. The van der Waals surface area contributed by atoms with Gasteiger partial charge in [0.05, 0.1) is 24.6 Å². The lowest BCUT2D eigenvalue weighted by molar-refractivity contribution is 0.0990. The number of ether oxygens (including phenoxy) is 1. The van der Waals surface area contributed by atoms with Crippen LogP contribution in [0.2, 0.25) is 0 Å². The fourth-order valence-corrected chi connectivity index (χ4v) is 1.98. The van der Waals surface area contributed by atoms with Gasteiger partial charge in [-0.1, -0.05) is 12.1 Å². The third-order valence-electron chi connectivity index (χ3n) is 2.77. The van der Waals surface area contributed by atoms with Crippen LogP contribution in [-0.2, 0) is 4.74 Å². The van der Waals surface area contributed by atoms with E-state index in [-0.39, 0.29) is 0 Å². The molecule has 1 fully saturated rings. The van der Waals surface area contributed by atoms with E-state index in [1.165, 1.54) is 0 Å². The van der Waals surface area contributed by atoms with Crippen molar-refractivity contribution in [2.75, 3.05) is 30.0 Å². The number of rotatable bonds is 2. The zero-order valence-electron chi connectivity index (χ0n) is 9.31. The highest BCUT2D eigenvalue weighted by Gasteiger charge is 2.20. The molecular formula is C12H15N3O. The van der Waals surface area contributed by atoms with Crippen molar-refractivity contribution in [2.45, 2.75) is 13.0 Å². The summed E-state index contributed by atoms with van der Waals surface area (Å²) in [7, 11) is 0. The quantitative estimate of drug-likeness (QED) is 0.606. The standard InChI is InChI=1S/C12H15N3O/c1-10-8-16-7-6-15(10)12-5-3-2-4-11(12)14-9-13/h2-5,10,14H,6-8H2,1H3. The van der Waals surface area contributed by atoms with Crippen LogP contribution < -0.4 is 10.2 Å². The molecule has 1 aliphatic rings. The first-order valence-electron chi connectivity index (χ1n) is 5.41. The Kier molecular flexibility index (Phi) is 3.28. The van der Waals surface area contributed by atoms with Crippen LogP contribution in [-0.4, -0.2) is 25.8 Å². The first kappa shape index (κ1) is 10.8. The van der Waals surface area contributed by atoms with Crippen LogP contribution in [0.25, 0.3) is 0 Å². The fourth-order valence-electron chi connectivity index (χ4n) is 1.98. The minimum Gasteiger partial charge on any atom is -0.377 e. The molecule has 0 aromatic heterocycles. The summed E-state index contributed by atoms with van der Waals surface area (Å²) in [5, 5.41) is 11.4. The summed E-state index contributed by atoms with van der Waals surface area (Å²) < 4.78 is 5.41. The number of nitriles is 1. The van der Waals surface area contributed by atoms with Crippen LogP contribution in [0.1, 0.15) is 6.92 Å². The molecule has 4 nitrogen and oxygen atoms in total. The average molecular weight is 217 g/mol. The van der Waals surface area contributed by atoms with Crippen LogP contribution >= 0.6 is 0 Å². The van der Waals surface area contributed by atoms with Gasteiger partial charge in [-0.05, 0) is 19.1 Å². The molecule has 84 valence electrons. The third kappa shape index (κ3) is 2.10. The van der Waals surface area contributed by atoms with Gasteiger partial charge in [0.15, 0.2) is 6.19 Å². The first-order valence-corrected chi connectivity index (χ1v) is 5.41. The second-order valence-corrected chi connectivity index (χ2v) is 3.87. The van der Waals surface area contributed by atoms with E-state index in [0.717, 1.165) is 31.1 Å². The smallest absolute Gasteiger partial charge is 0.181 e. The number of hydrogen-bond acceptors (Lipinski definition) is 4. The zero-order valence-corrected chi connectivity index (χ0v) is 9.31. The van der Waals surface area contributed by atoms with Gasteiger partial charge in [-0.2, -0.15) is 5.26 Å². The molecule has 0 aliphatic carbocycles. The van der Waals surface area contributed by atoms with Crippen molar-refractivity contribution in [1.29, 1.82) is 5.26 Å². The predicted octanol–water partition coefficient (Wildman–Crippen LogP) is 1.80. The molecule has 0 bridgehead atoms. The van der Waals surface area contributed by atoms with Gasteiger partial charge in [0.1, 0.15) is 0 Å². The van der Waals surface area contributed by atoms with Crippen LogP contribution in [0.4, 0.5) is 11.4 Å². The Labute approximate surface area is 95.4 Å². The summed E-state index contributed by atoms with van der Waals surface area (Å²) in [6.07, 6.45) is 1.97. The number of para-hydroxylation sites is 2. The number of benzene rings is 1. The summed E-state index contributed by atoms with van der Waals surface area (Å²) in [6.45, 7) is 4.47. The second-order valence-electron chi connectivity index (χ2n) is 3.87. The molecular weight excluding hydrogens is 202 g/mol. The molecule has 1 N–H and O–H groups in total. The number of nitrogens with zero attached hydrogens (tertiary/aromatic N) is 2. The summed E-state index contributed by atoms with van der Waals surface area (Å²) in [5.41, 5.74) is 1.93. The average Bonchev–Trinajstić information content (AvgIpc) is 2.31. The van der Waals surface area contributed by atoms with E-state index < -0.39 is 0 Å². The topological polar surface area (TPSA) is 48.3 Å². The van der Waals surface area contributed by atoms with Crippen molar-refractivity contribution in [2.24, 2.45) is 0 Å². The van der Waals surface area contributed by atoms with Gasteiger partial charge in [0.25, 0.3) is 0 Å². The molecule has 4 heteroatoms. The van der Waals surface area contributed by atoms with Crippen molar-refractivity contribution in [3.05, 3.63) is 24.3 Å². The minimum atomic E-state index is 0.343. The fraction of sp³-hybridized carbons (Fsp3) is 0.417. The Morgan fingerprint density at radius 2 is 2.31 bits per heavy atom. The highest BCUT2D eigenvalue weighted by atomic mass is 16.5. The van der Waals surface area contributed by atoms with Crippen LogP contribution in [0.3, 0.4) is 0 Å². The highest BCUT2D eigenvalue weighted by molar-refractivity contribution is 5.71.